The molecule has 3 rings (SSSR count). The third-order valence-corrected chi connectivity index (χ3v) is 4.96. The van der Waals surface area contributed by atoms with Crippen LogP contribution in [0.4, 0.5) is 5.69 Å². The van der Waals surface area contributed by atoms with Gasteiger partial charge in [-0.1, -0.05) is 18.9 Å². The van der Waals surface area contributed by atoms with E-state index in [1.54, 1.807) is 0 Å². The predicted molar refractivity (Wildman–Crippen MR) is 108 cm³/mol. The standard InChI is InChI=1S/C20H26N6/c1-24-20-16(12-25-11-13-4-2-3-5-13)19(23)15-7-6-14(10-18(15)26-20)17(22)8-9-21/h6-10,12-13,22-23,25H,2-5,11,21H2,1H3,(H,24,26)/b9-8-,16-12+,22-17?,23-19?. The molecule has 0 spiro atoms. The Balaban J connectivity index is 1.84. The molecule has 1 aromatic rings. The van der Waals surface area contributed by atoms with Crippen LogP contribution in [0.1, 0.15) is 36.8 Å². The summed E-state index contributed by atoms with van der Waals surface area (Å²) in [5.74, 6) is 1.40. The first-order valence-electron chi connectivity index (χ1n) is 9.05. The summed E-state index contributed by atoms with van der Waals surface area (Å²) in [7, 11) is 1.81. The number of nitrogens with one attached hydrogen (secondary N) is 4. The lowest BCUT2D eigenvalue weighted by molar-refractivity contribution is 0.526. The van der Waals surface area contributed by atoms with Gasteiger partial charge in [0.2, 0.25) is 0 Å². The molecule has 0 unspecified atom stereocenters. The van der Waals surface area contributed by atoms with Crippen molar-refractivity contribution in [2.24, 2.45) is 16.6 Å². The fraction of sp³-hybridized carbons (Fsp3) is 0.350. The molecule has 0 radical (unpaired) electrons. The minimum atomic E-state index is 0.322. The maximum atomic E-state index is 8.59. The van der Waals surface area contributed by atoms with Crippen LogP contribution in [-0.4, -0.2) is 30.9 Å². The lowest BCUT2D eigenvalue weighted by atomic mass is 9.95. The Labute approximate surface area is 154 Å². The van der Waals surface area contributed by atoms with E-state index in [2.05, 4.69) is 15.6 Å². The van der Waals surface area contributed by atoms with Gasteiger partial charge >= 0.3 is 0 Å². The second-order valence-electron chi connectivity index (χ2n) is 6.71. The Hall–Kier alpha value is -2.89. The number of hydrogen-bond acceptors (Lipinski definition) is 6. The average Bonchev–Trinajstić information content (AvgIpc) is 3.16. The molecule has 0 aromatic heterocycles. The number of amidine groups is 1. The quantitative estimate of drug-likeness (QED) is 0.527. The van der Waals surface area contributed by atoms with Crippen molar-refractivity contribution in [2.75, 3.05) is 13.6 Å². The normalized spacial score (nSPS) is 18.9. The van der Waals surface area contributed by atoms with Crippen LogP contribution in [0.15, 0.2) is 47.2 Å². The fourth-order valence-electron chi connectivity index (χ4n) is 3.51. The molecule has 0 bridgehead atoms. The highest BCUT2D eigenvalue weighted by Crippen LogP contribution is 2.29. The zero-order chi connectivity index (χ0) is 18.5. The second kappa shape index (κ2) is 7.99. The van der Waals surface area contributed by atoms with Crippen LogP contribution in [0, 0.1) is 16.7 Å². The van der Waals surface area contributed by atoms with Crippen LogP contribution >= 0.6 is 0 Å². The van der Waals surface area contributed by atoms with Crippen LogP contribution < -0.4 is 16.4 Å². The van der Waals surface area contributed by atoms with Gasteiger partial charge in [-0.15, -0.1) is 0 Å². The Kier molecular flexibility index (Phi) is 5.51. The number of fused-ring (bicyclic) bond motifs is 1. The third-order valence-electron chi connectivity index (χ3n) is 4.96. The molecule has 0 amide bonds. The first-order chi connectivity index (χ1) is 12.6. The Morgan fingerprint density at radius 2 is 2.12 bits per heavy atom. The van der Waals surface area contributed by atoms with Gasteiger partial charge in [0.05, 0.1) is 22.7 Å². The number of hydrogen-bond donors (Lipinski definition) is 5. The van der Waals surface area contributed by atoms with Crippen LogP contribution in [0.5, 0.6) is 0 Å². The van der Waals surface area contributed by atoms with Gasteiger partial charge < -0.3 is 21.8 Å². The molecule has 6 nitrogen and oxygen atoms in total. The molecular formula is C20H26N6. The van der Waals surface area contributed by atoms with Crippen LogP contribution in [0.3, 0.4) is 0 Å². The van der Waals surface area contributed by atoms with E-state index in [9.17, 15) is 0 Å². The SMILES string of the molecule is CNC1=Nc2cc(C(=N)/C=C\N)ccc2C(=N)/C1=C\NCC1CCCC1. The van der Waals surface area contributed by atoms with Gasteiger partial charge in [0, 0.05) is 30.9 Å². The van der Waals surface area contributed by atoms with E-state index >= 15 is 0 Å². The highest BCUT2D eigenvalue weighted by molar-refractivity contribution is 6.32. The number of aliphatic imine (C=N–C) groups is 1. The van der Waals surface area contributed by atoms with Crippen molar-refractivity contribution < 1.29 is 0 Å². The highest BCUT2D eigenvalue weighted by atomic mass is 15.0. The van der Waals surface area contributed by atoms with Crippen molar-refractivity contribution in [3.8, 4) is 0 Å². The molecule has 0 saturated heterocycles. The minimum absolute atomic E-state index is 0.322. The Morgan fingerprint density at radius 1 is 1.35 bits per heavy atom. The third kappa shape index (κ3) is 3.69. The molecule has 6 heteroatoms. The first-order valence-corrected chi connectivity index (χ1v) is 9.05. The van der Waals surface area contributed by atoms with Gasteiger partial charge in [0.15, 0.2) is 0 Å². The molecule has 0 atom stereocenters. The Bertz CT molecular complexity index is 797. The molecule has 26 heavy (non-hydrogen) atoms. The minimum Gasteiger partial charge on any atom is -0.405 e. The van der Waals surface area contributed by atoms with Gasteiger partial charge in [-0.3, -0.25) is 5.41 Å². The van der Waals surface area contributed by atoms with Crippen molar-refractivity contribution >= 4 is 22.9 Å². The van der Waals surface area contributed by atoms with Gasteiger partial charge in [-0.2, -0.15) is 0 Å². The number of benzene rings is 1. The van der Waals surface area contributed by atoms with E-state index in [1.807, 2.05) is 31.4 Å². The fourth-order valence-corrected chi connectivity index (χ4v) is 3.51. The predicted octanol–water partition coefficient (Wildman–Crippen LogP) is 2.82. The van der Waals surface area contributed by atoms with E-state index in [1.165, 1.54) is 38.0 Å². The summed E-state index contributed by atoms with van der Waals surface area (Å²) < 4.78 is 0. The van der Waals surface area contributed by atoms with E-state index in [0.29, 0.717) is 22.9 Å². The summed E-state index contributed by atoms with van der Waals surface area (Å²) in [4.78, 5) is 4.65. The van der Waals surface area contributed by atoms with E-state index in [0.717, 1.165) is 29.2 Å². The summed E-state index contributed by atoms with van der Waals surface area (Å²) >= 11 is 0. The molecule has 1 fully saturated rings. The molecule has 6 N–H and O–H groups in total. The molecule has 1 aliphatic carbocycles. The number of nitrogens with zero attached hydrogens (tertiary/aromatic N) is 1. The second-order valence-corrected chi connectivity index (χ2v) is 6.71. The summed E-state index contributed by atoms with van der Waals surface area (Å²) in [6, 6.07) is 5.51. The van der Waals surface area contributed by atoms with Crippen molar-refractivity contribution in [3.05, 3.63) is 53.4 Å². The zero-order valence-corrected chi connectivity index (χ0v) is 15.1. The van der Waals surface area contributed by atoms with E-state index in [-0.39, 0.29) is 0 Å². The molecule has 1 aliphatic heterocycles. The first kappa shape index (κ1) is 17.9. The van der Waals surface area contributed by atoms with Crippen LogP contribution in [-0.2, 0) is 0 Å². The maximum Gasteiger partial charge on any atom is 0.137 e. The summed E-state index contributed by atoms with van der Waals surface area (Å²) in [6.07, 6.45) is 10.0. The molecule has 1 saturated carbocycles. The molecular weight excluding hydrogens is 324 g/mol. The molecule has 2 aliphatic rings. The van der Waals surface area contributed by atoms with Crippen molar-refractivity contribution in [1.82, 2.24) is 10.6 Å². The van der Waals surface area contributed by atoms with Gasteiger partial charge in [0.25, 0.3) is 0 Å². The van der Waals surface area contributed by atoms with E-state index < -0.39 is 0 Å². The molecule has 1 aromatic carbocycles. The topological polar surface area (TPSA) is 110 Å². The smallest absolute Gasteiger partial charge is 0.137 e. The summed E-state index contributed by atoms with van der Waals surface area (Å²) in [5.41, 5.74) is 9.09. The zero-order valence-electron chi connectivity index (χ0n) is 15.1. The maximum absolute atomic E-state index is 8.59. The van der Waals surface area contributed by atoms with Crippen molar-refractivity contribution in [2.45, 2.75) is 25.7 Å². The van der Waals surface area contributed by atoms with Gasteiger partial charge in [0.1, 0.15) is 5.84 Å². The molecule has 136 valence electrons. The van der Waals surface area contributed by atoms with E-state index in [4.69, 9.17) is 16.6 Å². The molecule has 1 heterocycles. The average molecular weight is 350 g/mol. The summed E-state index contributed by atoms with van der Waals surface area (Å²) in [6.45, 7) is 0.947. The monoisotopic (exact) mass is 350 g/mol. The van der Waals surface area contributed by atoms with Gasteiger partial charge in [-0.25, -0.2) is 4.99 Å². The Morgan fingerprint density at radius 3 is 2.81 bits per heavy atom. The van der Waals surface area contributed by atoms with Gasteiger partial charge in [-0.05, 0) is 43.2 Å². The lowest BCUT2D eigenvalue weighted by Crippen LogP contribution is -2.30. The number of likely N-dealkylation sites (N-methyl/N-ethyl adjacent to an activating group) is 1. The van der Waals surface area contributed by atoms with Crippen LogP contribution in [0.25, 0.3) is 0 Å². The lowest BCUT2D eigenvalue weighted by Gasteiger charge is -2.21. The van der Waals surface area contributed by atoms with Crippen molar-refractivity contribution in [3.63, 3.8) is 0 Å². The number of allylic oxidation sites excluding steroid dienone is 1. The number of rotatable bonds is 5. The number of nitrogens with two attached hydrogens (primary N) is 1. The van der Waals surface area contributed by atoms with Crippen LogP contribution in [0.2, 0.25) is 0 Å². The highest BCUT2D eigenvalue weighted by Gasteiger charge is 2.23. The summed E-state index contributed by atoms with van der Waals surface area (Å²) in [5, 5.41) is 23.1. The van der Waals surface area contributed by atoms with Crippen molar-refractivity contribution in [1.29, 1.82) is 10.8 Å². The largest absolute Gasteiger partial charge is 0.405 e.